The van der Waals surface area contributed by atoms with E-state index in [1.807, 2.05) is 12.4 Å². The minimum absolute atomic E-state index is 0.299. The monoisotopic (exact) mass is 250 g/mol. The van der Waals surface area contributed by atoms with Crippen molar-refractivity contribution < 1.29 is 4.74 Å². The highest BCUT2D eigenvalue weighted by Gasteiger charge is 2.20. The number of likely N-dealkylation sites (N-methyl/N-ethyl adjacent to an activating group) is 1. The molecule has 1 N–H and O–H groups in total. The topological polar surface area (TPSA) is 34.1 Å². The van der Waals surface area contributed by atoms with E-state index in [0.29, 0.717) is 12.1 Å². The summed E-state index contributed by atoms with van der Waals surface area (Å²) in [5, 5.41) is 3.56. The van der Waals surface area contributed by atoms with Crippen LogP contribution in [-0.4, -0.2) is 30.3 Å². The molecule has 0 bridgehead atoms. The van der Waals surface area contributed by atoms with E-state index in [-0.39, 0.29) is 0 Å². The average Bonchev–Trinajstić information content (AvgIpc) is 2.39. The van der Waals surface area contributed by atoms with Crippen LogP contribution in [0.1, 0.15) is 39.2 Å². The van der Waals surface area contributed by atoms with Crippen LogP contribution < -0.4 is 5.32 Å². The van der Waals surface area contributed by atoms with Gasteiger partial charge in [0.1, 0.15) is 0 Å². The first-order chi connectivity index (χ1) is 8.81. The summed E-state index contributed by atoms with van der Waals surface area (Å²) in [7, 11) is 0. The number of pyridine rings is 1. The molecule has 0 fully saturated rings. The Morgan fingerprint density at radius 3 is 2.50 bits per heavy atom. The number of hydrogen-bond donors (Lipinski definition) is 1. The van der Waals surface area contributed by atoms with E-state index in [0.717, 1.165) is 32.4 Å². The molecule has 2 atom stereocenters. The van der Waals surface area contributed by atoms with Crippen LogP contribution in [0.25, 0.3) is 0 Å². The van der Waals surface area contributed by atoms with Crippen LogP contribution >= 0.6 is 0 Å². The van der Waals surface area contributed by atoms with Crippen LogP contribution in [0.3, 0.4) is 0 Å². The second-order valence-electron chi connectivity index (χ2n) is 4.51. The molecule has 0 aliphatic carbocycles. The Bertz CT molecular complexity index is 297. The van der Waals surface area contributed by atoms with Gasteiger partial charge in [0.2, 0.25) is 0 Å². The zero-order chi connectivity index (χ0) is 13.2. The highest BCUT2D eigenvalue weighted by atomic mass is 16.5. The van der Waals surface area contributed by atoms with Gasteiger partial charge < -0.3 is 10.1 Å². The predicted molar refractivity (Wildman–Crippen MR) is 75.7 cm³/mol. The Kier molecular flexibility index (Phi) is 7.62. The molecule has 2 unspecified atom stereocenters. The molecule has 1 aromatic rings. The molecule has 0 saturated carbocycles. The van der Waals surface area contributed by atoms with Crippen LogP contribution in [0.15, 0.2) is 24.5 Å². The molecule has 0 spiro atoms. The summed E-state index contributed by atoms with van der Waals surface area (Å²) < 4.78 is 5.89. The van der Waals surface area contributed by atoms with Crippen molar-refractivity contribution in [2.75, 3.05) is 13.2 Å². The number of rotatable bonds is 9. The van der Waals surface area contributed by atoms with Crippen molar-refractivity contribution >= 4 is 0 Å². The van der Waals surface area contributed by atoms with Gasteiger partial charge >= 0.3 is 0 Å². The third-order valence-electron chi connectivity index (χ3n) is 3.07. The highest BCUT2D eigenvalue weighted by Crippen LogP contribution is 2.13. The van der Waals surface area contributed by atoms with E-state index in [2.05, 4.69) is 43.2 Å². The van der Waals surface area contributed by atoms with Gasteiger partial charge in [-0.3, -0.25) is 4.98 Å². The fourth-order valence-electron chi connectivity index (χ4n) is 2.27. The zero-order valence-electron chi connectivity index (χ0n) is 11.9. The Labute approximate surface area is 111 Å². The maximum Gasteiger partial charge on any atom is 0.0731 e. The van der Waals surface area contributed by atoms with Gasteiger partial charge in [-0.2, -0.15) is 0 Å². The van der Waals surface area contributed by atoms with Crippen LogP contribution in [0.2, 0.25) is 0 Å². The lowest BCUT2D eigenvalue weighted by molar-refractivity contribution is 0.0285. The van der Waals surface area contributed by atoms with Crippen molar-refractivity contribution in [3.8, 4) is 0 Å². The maximum atomic E-state index is 5.89. The molecular formula is C15H26N2O. The largest absolute Gasteiger partial charge is 0.377 e. The third kappa shape index (κ3) is 5.15. The number of hydrogen-bond acceptors (Lipinski definition) is 3. The van der Waals surface area contributed by atoms with E-state index >= 15 is 0 Å². The van der Waals surface area contributed by atoms with E-state index in [9.17, 15) is 0 Å². The van der Waals surface area contributed by atoms with Crippen molar-refractivity contribution in [3.63, 3.8) is 0 Å². The van der Waals surface area contributed by atoms with Crippen molar-refractivity contribution in [1.29, 1.82) is 0 Å². The second kappa shape index (κ2) is 9.06. The van der Waals surface area contributed by atoms with Crippen molar-refractivity contribution in [2.45, 2.75) is 52.2 Å². The molecule has 1 heterocycles. The van der Waals surface area contributed by atoms with E-state index < -0.39 is 0 Å². The molecular weight excluding hydrogens is 224 g/mol. The molecule has 0 amide bonds. The average molecular weight is 250 g/mol. The molecule has 0 saturated heterocycles. The first kappa shape index (κ1) is 15.1. The van der Waals surface area contributed by atoms with Gasteiger partial charge in [-0.25, -0.2) is 0 Å². The minimum Gasteiger partial charge on any atom is -0.377 e. The Hall–Kier alpha value is -0.930. The number of nitrogens with one attached hydrogen (secondary N) is 1. The highest BCUT2D eigenvalue weighted by molar-refractivity contribution is 5.12. The Morgan fingerprint density at radius 2 is 1.94 bits per heavy atom. The Morgan fingerprint density at radius 1 is 1.22 bits per heavy atom. The first-order valence-electron chi connectivity index (χ1n) is 7.05. The van der Waals surface area contributed by atoms with Gasteiger partial charge in [-0.1, -0.05) is 20.3 Å². The second-order valence-corrected chi connectivity index (χ2v) is 4.51. The molecule has 0 aromatic carbocycles. The number of aromatic nitrogens is 1. The quantitative estimate of drug-likeness (QED) is 0.732. The smallest absolute Gasteiger partial charge is 0.0731 e. The number of ether oxygens (including phenoxy) is 1. The molecule has 0 radical (unpaired) electrons. The van der Waals surface area contributed by atoms with E-state index in [1.165, 1.54) is 5.56 Å². The summed E-state index contributed by atoms with van der Waals surface area (Å²) >= 11 is 0. The van der Waals surface area contributed by atoms with Crippen molar-refractivity contribution in [1.82, 2.24) is 10.3 Å². The fourth-order valence-corrected chi connectivity index (χ4v) is 2.27. The summed E-state index contributed by atoms with van der Waals surface area (Å²) in [6.45, 7) is 8.18. The van der Waals surface area contributed by atoms with Crippen molar-refractivity contribution in [2.24, 2.45) is 0 Å². The van der Waals surface area contributed by atoms with Gasteiger partial charge in [-0.05, 0) is 44.0 Å². The summed E-state index contributed by atoms with van der Waals surface area (Å²) in [4.78, 5) is 4.06. The van der Waals surface area contributed by atoms with Gasteiger partial charge in [0.25, 0.3) is 0 Å². The lowest BCUT2D eigenvalue weighted by Crippen LogP contribution is -2.43. The molecule has 3 heteroatoms. The van der Waals surface area contributed by atoms with E-state index in [4.69, 9.17) is 4.74 Å². The molecule has 18 heavy (non-hydrogen) atoms. The Balaban J connectivity index is 2.66. The summed E-state index contributed by atoms with van der Waals surface area (Å²) in [6, 6.07) is 4.55. The lowest BCUT2D eigenvalue weighted by Gasteiger charge is -2.27. The van der Waals surface area contributed by atoms with Crippen LogP contribution in [-0.2, 0) is 11.2 Å². The first-order valence-corrected chi connectivity index (χ1v) is 7.05. The summed E-state index contributed by atoms with van der Waals surface area (Å²) in [6.07, 6.45) is 7.27. The fraction of sp³-hybridized carbons (Fsp3) is 0.667. The SMILES string of the molecule is CCCC(OCC)C(Cc1ccncc1)NCC. The molecule has 0 aliphatic rings. The van der Waals surface area contributed by atoms with Gasteiger partial charge in [0.05, 0.1) is 6.10 Å². The maximum absolute atomic E-state index is 5.89. The zero-order valence-corrected chi connectivity index (χ0v) is 11.9. The summed E-state index contributed by atoms with van der Waals surface area (Å²) in [5.41, 5.74) is 1.32. The predicted octanol–water partition coefficient (Wildman–Crippen LogP) is 2.81. The molecule has 0 aliphatic heterocycles. The van der Waals surface area contributed by atoms with Crippen LogP contribution in [0, 0.1) is 0 Å². The summed E-state index contributed by atoms with van der Waals surface area (Å²) in [5.74, 6) is 0. The molecule has 102 valence electrons. The van der Waals surface area contributed by atoms with E-state index in [1.54, 1.807) is 0 Å². The van der Waals surface area contributed by atoms with Gasteiger partial charge in [0.15, 0.2) is 0 Å². The van der Waals surface area contributed by atoms with Crippen LogP contribution in [0.5, 0.6) is 0 Å². The molecule has 1 aromatic heterocycles. The standard InChI is InChI=1S/C15H26N2O/c1-4-7-15(18-6-3)14(17-5-2)12-13-8-10-16-11-9-13/h8-11,14-15,17H,4-7,12H2,1-3H3. The minimum atomic E-state index is 0.299. The van der Waals surface area contributed by atoms with Gasteiger partial charge in [0, 0.05) is 25.0 Å². The molecule has 3 nitrogen and oxygen atoms in total. The van der Waals surface area contributed by atoms with Gasteiger partial charge in [-0.15, -0.1) is 0 Å². The molecule has 1 rings (SSSR count). The lowest BCUT2D eigenvalue weighted by atomic mass is 9.99. The number of nitrogens with zero attached hydrogens (tertiary/aromatic N) is 1. The van der Waals surface area contributed by atoms with Crippen LogP contribution in [0.4, 0.5) is 0 Å². The van der Waals surface area contributed by atoms with Crippen molar-refractivity contribution in [3.05, 3.63) is 30.1 Å². The normalized spacial score (nSPS) is 14.4. The third-order valence-corrected chi connectivity index (χ3v) is 3.07.